The zero-order chi connectivity index (χ0) is 20.1. The Morgan fingerprint density at radius 3 is 2.32 bits per heavy atom. The van der Waals surface area contributed by atoms with Crippen LogP contribution < -0.4 is 10.6 Å². The molecule has 0 unspecified atom stereocenters. The number of hydrogen-bond donors (Lipinski definition) is 2. The molecule has 0 bridgehead atoms. The van der Waals surface area contributed by atoms with E-state index in [0.717, 1.165) is 38.5 Å². The van der Waals surface area contributed by atoms with Crippen LogP contribution in [0.1, 0.15) is 62.9 Å². The summed E-state index contributed by atoms with van der Waals surface area (Å²) in [6, 6.07) is -0.0178. The van der Waals surface area contributed by atoms with Crippen molar-refractivity contribution in [3.05, 3.63) is 18.1 Å². The molecular formula is C20H29N5O3. The van der Waals surface area contributed by atoms with Crippen molar-refractivity contribution < 1.29 is 14.4 Å². The molecule has 0 aromatic carbocycles. The maximum absolute atomic E-state index is 12.7. The van der Waals surface area contributed by atoms with Gasteiger partial charge in [-0.2, -0.15) is 0 Å². The van der Waals surface area contributed by atoms with E-state index in [-0.39, 0.29) is 47.1 Å². The highest BCUT2D eigenvalue weighted by Gasteiger charge is 2.31. The SMILES string of the molecule is CC(C)C(=O)Nc1nccnc1C(=O)NC1CCN(C(=O)C2CCCC2)CC1. The maximum atomic E-state index is 12.7. The number of carbonyl (C=O) groups excluding carboxylic acids is 3. The number of anilines is 1. The number of nitrogens with one attached hydrogen (secondary N) is 2. The summed E-state index contributed by atoms with van der Waals surface area (Å²) in [5.74, 6) is -0.152. The molecule has 1 aromatic rings. The molecule has 2 heterocycles. The molecule has 2 N–H and O–H groups in total. The van der Waals surface area contributed by atoms with Crippen LogP contribution in [-0.4, -0.2) is 51.7 Å². The van der Waals surface area contributed by atoms with Gasteiger partial charge in [0, 0.05) is 43.4 Å². The molecule has 0 atom stereocenters. The Morgan fingerprint density at radius 2 is 1.68 bits per heavy atom. The summed E-state index contributed by atoms with van der Waals surface area (Å²) >= 11 is 0. The van der Waals surface area contributed by atoms with Crippen LogP contribution in [0.5, 0.6) is 0 Å². The molecule has 1 aromatic heterocycles. The highest BCUT2D eigenvalue weighted by Crippen LogP contribution is 2.27. The fourth-order valence-electron chi connectivity index (χ4n) is 3.79. The smallest absolute Gasteiger partial charge is 0.273 e. The van der Waals surface area contributed by atoms with Gasteiger partial charge in [0.2, 0.25) is 11.8 Å². The van der Waals surface area contributed by atoms with Crippen LogP contribution in [0.2, 0.25) is 0 Å². The van der Waals surface area contributed by atoms with Gasteiger partial charge in [-0.25, -0.2) is 9.97 Å². The highest BCUT2D eigenvalue weighted by atomic mass is 16.2. The van der Waals surface area contributed by atoms with Crippen LogP contribution in [0.15, 0.2) is 12.4 Å². The van der Waals surface area contributed by atoms with Gasteiger partial charge < -0.3 is 15.5 Å². The fourth-order valence-corrected chi connectivity index (χ4v) is 3.79. The normalized spacial score (nSPS) is 18.3. The Morgan fingerprint density at radius 1 is 1.04 bits per heavy atom. The summed E-state index contributed by atoms with van der Waals surface area (Å²) in [6.07, 6.45) is 8.63. The van der Waals surface area contributed by atoms with Crippen molar-refractivity contribution in [3.8, 4) is 0 Å². The van der Waals surface area contributed by atoms with Gasteiger partial charge >= 0.3 is 0 Å². The molecule has 1 saturated heterocycles. The molecule has 8 heteroatoms. The summed E-state index contributed by atoms with van der Waals surface area (Å²) in [6.45, 7) is 4.87. The average Bonchev–Trinajstić information content (AvgIpc) is 3.23. The Hall–Kier alpha value is -2.51. The van der Waals surface area contributed by atoms with Crippen LogP contribution in [0.4, 0.5) is 5.82 Å². The number of likely N-dealkylation sites (tertiary alicyclic amines) is 1. The first kappa shape index (κ1) is 20.2. The predicted molar refractivity (Wildman–Crippen MR) is 105 cm³/mol. The minimum absolute atomic E-state index is 0.0178. The van der Waals surface area contributed by atoms with Crippen molar-refractivity contribution in [1.82, 2.24) is 20.2 Å². The first-order valence-electron chi connectivity index (χ1n) is 10.2. The standard InChI is InChI=1S/C20H29N5O3/c1-13(2)18(26)24-17-16(21-9-10-22-17)19(27)23-15-7-11-25(12-8-15)20(28)14-5-3-4-6-14/h9-10,13-15H,3-8,11-12H2,1-2H3,(H,23,27)(H,22,24,26). The van der Waals surface area contributed by atoms with Gasteiger partial charge in [-0.15, -0.1) is 0 Å². The van der Waals surface area contributed by atoms with E-state index in [4.69, 9.17) is 0 Å². The molecule has 0 spiro atoms. The van der Waals surface area contributed by atoms with Crippen molar-refractivity contribution in [2.24, 2.45) is 11.8 Å². The second-order valence-electron chi connectivity index (χ2n) is 7.95. The van der Waals surface area contributed by atoms with Crippen molar-refractivity contribution >= 4 is 23.5 Å². The Kier molecular flexibility index (Phi) is 6.59. The van der Waals surface area contributed by atoms with Gasteiger partial charge in [-0.3, -0.25) is 14.4 Å². The summed E-state index contributed by atoms with van der Waals surface area (Å²) in [5, 5.41) is 5.63. The maximum Gasteiger partial charge on any atom is 0.273 e. The summed E-state index contributed by atoms with van der Waals surface area (Å²) in [4.78, 5) is 47.3. The van der Waals surface area contributed by atoms with Crippen molar-refractivity contribution in [2.45, 2.75) is 58.4 Å². The number of hydrogen-bond acceptors (Lipinski definition) is 5. The number of rotatable bonds is 5. The molecule has 2 aliphatic rings. The number of carbonyl (C=O) groups is 3. The van der Waals surface area contributed by atoms with E-state index in [1.807, 2.05) is 4.90 Å². The Bertz CT molecular complexity index is 722. The molecule has 1 aliphatic heterocycles. The highest BCUT2D eigenvalue weighted by molar-refractivity contribution is 6.01. The monoisotopic (exact) mass is 387 g/mol. The minimum atomic E-state index is -0.354. The fraction of sp³-hybridized carbons (Fsp3) is 0.650. The number of aromatic nitrogens is 2. The van der Waals surface area contributed by atoms with Gasteiger partial charge in [-0.1, -0.05) is 26.7 Å². The molecule has 0 radical (unpaired) electrons. The third-order valence-corrected chi connectivity index (χ3v) is 5.53. The average molecular weight is 387 g/mol. The van der Waals surface area contributed by atoms with Crippen LogP contribution >= 0.6 is 0 Å². The first-order chi connectivity index (χ1) is 13.5. The molecule has 2 fully saturated rings. The number of nitrogens with zero attached hydrogens (tertiary/aromatic N) is 3. The third kappa shape index (κ3) is 4.85. The van der Waals surface area contributed by atoms with Crippen LogP contribution in [0.25, 0.3) is 0 Å². The minimum Gasteiger partial charge on any atom is -0.348 e. The lowest BCUT2D eigenvalue weighted by atomic mass is 10.0. The molecule has 8 nitrogen and oxygen atoms in total. The summed E-state index contributed by atoms with van der Waals surface area (Å²) < 4.78 is 0. The van der Waals surface area contributed by atoms with E-state index >= 15 is 0 Å². The largest absolute Gasteiger partial charge is 0.348 e. The zero-order valence-electron chi connectivity index (χ0n) is 16.6. The second-order valence-corrected chi connectivity index (χ2v) is 7.95. The Balaban J connectivity index is 1.55. The van der Waals surface area contributed by atoms with E-state index in [2.05, 4.69) is 20.6 Å². The van der Waals surface area contributed by atoms with Crippen LogP contribution in [-0.2, 0) is 9.59 Å². The lowest BCUT2D eigenvalue weighted by Crippen LogP contribution is -2.48. The van der Waals surface area contributed by atoms with E-state index in [0.29, 0.717) is 13.1 Å². The molecule has 1 saturated carbocycles. The van der Waals surface area contributed by atoms with Gasteiger partial charge in [0.25, 0.3) is 5.91 Å². The van der Waals surface area contributed by atoms with Crippen molar-refractivity contribution in [2.75, 3.05) is 18.4 Å². The molecule has 28 heavy (non-hydrogen) atoms. The second kappa shape index (κ2) is 9.12. The first-order valence-corrected chi connectivity index (χ1v) is 10.2. The van der Waals surface area contributed by atoms with Gasteiger partial charge in [0.1, 0.15) is 0 Å². The van der Waals surface area contributed by atoms with Crippen LogP contribution in [0.3, 0.4) is 0 Å². The van der Waals surface area contributed by atoms with Crippen molar-refractivity contribution in [3.63, 3.8) is 0 Å². The number of amides is 3. The van der Waals surface area contributed by atoms with E-state index in [1.165, 1.54) is 12.4 Å². The topological polar surface area (TPSA) is 104 Å². The van der Waals surface area contributed by atoms with E-state index < -0.39 is 0 Å². The summed E-state index contributed by atoms with van der Waals surface area (Å²) in [5.41, 5.74) is 0.112. The molecule has 1 aliphatic carbocycles. The van der Waals surface area contributed by atoms with E-state index in [9.17, 15) is 14.4 Å². The quantitative estimate of drug-likeness (QED) is 0.804. The van der Waals surface area contributed by atoms with Crippen molar-refractivity contribution in [1.29, 1.82) is 0 Å². The van der Waals surface area contributed by atoms with Gasteiger partial charge in [0.05, 0.1) is 0 Å². The van der Waals surface area contributed by atoms with Gasteiger partial charge in [0.15, 0.2) is 11.5 Å². The number of piperidine rings is 1. The van der Waals surface area contributed by atoms with Crippen LogP contribution in [0, 0.1) is 11.8 Å². The van der Waals surface area contributed by atoms with E-state index in [1.54, 1.807) is 13.8 Å². The molecule has 3 rings (SSSR count). The molecular weight excluding hydrogens is 358 g/mol. The Labute approximate surface area is 165 Å². The molecule has 152 valence electrons. The lowest BCUT2D eigenvalue weighted by molar-refractivity contribution is -0.136. The zero-order valence-corrected chi connectivity index (χ0v) is 16.6. The predicted octanol–water partition coefficient (Wildman–Crippen LogP) is 1.98. The molecule has 3 amide bonds. The third-order valence-electron chi connectivity index (χ3n) is 5.53. The summed E-state index contributed by atoms with van der Waals surface area (Å²) in [7, 11) is 0. The lowest BCUT2D eigenvalue weighted by Gasteiger charge is -2.34. The van der Waals surface area contributed by atoms with Gasteiger partial charge in [-0.05, 0) is 25.7 Å².